The molecule has 0 fully saturated rings. The molecule has 17 heavy (non-hydrogen) atoms. The predicted molar refractivity (Wildman–Crippen MR) is 63.7 cm³/mol. The van der Waals surface area contributed by atoms with Crippen LogP contribution in [-0.4, -0.2) is 26.4 Å². The maximum Gasteiger partial charge on any atom is 0.226 e. The standard InChI is InChI=1S/C11H15N5O/c1-3-17-10-5-6-12-11(15-10)13-8-9-4-7-14-16(9)2/h4-7H,3,8H2,1-2H3,(H,12,13,15). The van der Waals surface area contributed by atoms with Gasteiger partial charge in [-0.15, -0.1) is 0 Å². The molecule has 2 aromatic heterocycles. The Morgan fingerprint density at radius 1 is 1.35 bits per heavy atom. The average molecular weight is 233 g/mol. The number of rotatable bonds is 5. The minimum atomic E-state index is 0.553. The van der Waals surface area contributed by atoms with Gasteiger partial charge in [-0.3, -0.25) is 4.68 Å². The molecule has 2 rings (SSSR count). The van der Waals surface area contributed by atoms with Crippen molar-refractivity contribution in [3.8, 4) is 5.88 Å². The number of hydrogen-bond acceptors (Lipinski definition) is 5. The Morgan fingerprint density at radius 3 is 2.94 bits per heavy atom. The molecule has 0 atom stereocenters. The van der Waals surface area contributed by atoms with E-state index in [4.69, 9.17) is 4.74 Å². The van der Waals surface area contributed by atoms with Crippen LogP contribution in [0.15, 0.2) is 24.5 Å². The summed E-state index contributed by atoms with van der Waals surface area (Å²) in [6, 6.07) is 3.68. The Hall–Kier alpha value is -2.11. The second-order valence-corrected chi connectivity index (χ2v) is 3.45. The van der Waals surface area contributed by atoms with Crippen molar-refractivity contribution in [2.45, 2.75) is 13.5 Å². The fourth-order valence-corrected chi connectivity index (χ4v) is 1.40. The van der Waals surface area contributed by atoms with Gasteiger partial charge in [-0.2, -0.15) is 10.1 Å². The molecule has 90 valence electrons. The van der Waals surface area contributed by atoms with Crippen molar-refractivity contribution in [2.75, 3.05) is 11.9 Å². The fraction of sp³-hybridized carbons (Fsp3) is 0.364. The van der Waals surface area contributed by atoms with Crippen LogP contribution in [0.3, 0.4) is 0 Å². The summed E-state index contributed by atoms with van der Waals surface area (Å²) in [6.45, 7) is 3.15. The smallest absolute Gasteiger partial charge is 0.226 e. The second-order valence-electron chi connectivity index (χ2n) is 3.45. The first-order chi connectivity index (χ1) is 8.29. The SMILES string of the molecule is CCOc1ccnc(NCc2ccnn2C)n1. The molecule has 0 spiro atoms. The molecule has 0 aliphatic rings. The summed E-state index contributed by atoms with van der Waals surface area (Å²) in [5, 5.41) is 7.21. The normalized spacial score (nSPS) is 10.2. The second kappa shape index (κ2) is 5.29. The van der Waals surface area contributed by atoms with Gasteiger partial charge in [0.25, 0.3) is 0 Å². The van der Waals surface area contributed by atoms with Crippen molar-refractivity contribution in [1.82, 2.24) is 19.7 Å². The summed E-state index contributed by atoms with van der Waals surface area (Å²) < 4.78 is 7.10. The molecule has 0 radical (unpaired) electrons. The van der Waals surface area contributed by atoms with Gasteiger partial charge in [-0.25, -0.2) is 4.98 Å². The summed E-state index contributed by atoms with van der Waals surface area (Å²) in [5.74, 6) is 1.13. The van der Waals surface area contributed by atoms with E-state index in [2.05, 4.69) is 20.4 Å². The molecule has 6 nitrogen and oxygen atoms in total. The van der Waals surface area contributed by atoms with E-state index in [1.54, 1.807) is 23.1 Å². The van der Waals surface area contributed by atoms with Crippen molar-refractivity contribution in [3.63, 3.8) is 0 Å². The topological polar surface area (TPSA) is 64.9 Å². The van der Waals surface area contributed by atoms with Gasteiger partial charge in [0.2, 0.25) is 11.8 Å². The minimum Gasteiger partial charge on any atom is -0.478 e. The number of nitrogens with one attached hydrogen (secondary N) is 1. The van der Waals surface area contributed by atoms with Crippen LogP contribution < -0.4 is 10.1 Å². The van der Waals surface area contributed by atoms with Gasteiger partial charge in [0.15, 0.2) is 0 Å². The Balaban J connectivity index is 1.99. The highest BCUT2D eigenvalue weighted by Gasteiger charge is 2.01. The lowest BCUT2D eigenvalue weighted by Gasteiger charge is -2.06. The van der Waals surface area contributed by atoms with Crippen LogP contribution >= 0.6 is 0 Å². The number of anilines is 1. The molecule has 6 heteroatoms. The van der Waals surface area contributed by atoms with Gasteiger partial charge in [-0.1, -0.05) is 0 Å². The summed E-state index contributed by atoms with van der Waals surface area (Å²) in [5.41, 5.74) is 1.07. The zero-order chi connectivity index (χ0) is 12.1. The molecule has 0 amide bonds. The van der Waals surface area contributed by atoms with E-state index in [9.17, 15) is 0 Å². The minimum absolute atomic E-state index is 0.553. The van der Waals surface area contributed by atoms with E-state index < -0.39 is 0 Å². The molecule has 2 aromatic rings. The molecule has 1 N–H and O–H groups in total. The summed E-state index contributed by atoms with van der Waals surface area (Å²) in [4.78, 5) is 8.34. The third-order valence-electron chi connectivity index (χ3n) is 2.27. The van der Waals surface area contributed by atoms with Gasteiger partial charge in [-0.05, 0) is 13.0 Å². The molecule has 0 saturated carbocycles. The number of aromatic nitrogens is 4. The van der Waals surface area contributed by atoms with Gasteiger partial charge in [0.05, 0.1) is 18.8 Å². The van der Waals surface area contributed by atoms with Crippen LogP contribution in [0.2, 0.25) is 0 Å². The van der Waals surface area contributed by atoms with Gasteiger partial charge >= 0.3 is 0 Å². The number of ether oxygens (including phenoxy) is 1. The van der Waals surface area contributed by atoms with Crippen LogP contribution in [0, 0.1) is 0 Å². The Morgan fingerprint density at radius 2 is 2.24 bits per heavy atom. The van der Waals surface area contributed by atoms with E-state index >= 15 is 0 Å². The summed E-state index contributed by atoms with van der Waals surface area (Å²) >= 11 is 0. The van der Waals surface area contributed by atoms with Crippen molar-refractivity contribution < 1.29 is 4.74 Å². The van der Waals surface area contributed by atoms with Crippen LogP contribution in [-0.2, 0) is 13.6 Å². The largest absolute Gasteiger partial charge is 0.478 e. The van der Waals surface area contributed by atoms with E-state index in [0.29, 0.717) is 25.0 Å². The summed E-state index contributed by atoms with van der Waals surface area (Å²) in [7, 11) is 1.90. The lowest BCUT2D eigenvalue weighted by molar-refractivity contribution is 0.326. The zero-order valence-corrected chi connectivity index (χ0v) is 9.92. The Kier molecular flexibility index (Phi) is 3.54. The van der Waals surface area contributed by atoms with Gasteiger partial charge in [0, 0.05) is 25.5 Å². The van der Waals surface area contributed by atoms with E-state index in [1.165, 1.54) is 0 Å². The summed E-state index contributed by atoms with van der Waals surface area (Å²) in [6.07, 6.45) is 3.43. The van der Waals surface area contributed by atoms with E-state index in [0.717, 1.165) is 5.69 Å². The van der Waals surface area contributed by atoms with Crippen LogP contribution in [0.1, 0.15) is 12.6 Å². The molecule has 0 aliphatic heterocycles. The fourth-order valence-electron chi connectivity index (χ4n) is 1.40. The quantitative estimate of drug-likeness (QED) is 0.841. The predicted octanol–water partition coefficient (Wildman–Crippen LogP) is 1.22. The lowest BCUT2D eigenvalue weighted by atomic mass is 10.4. The zero-order valence-electron chi connectivity index (χ0n) is 9.92. The van der Waals surface area contributed by atoms with E-state index in [1.807, 2.05) is 20.0 Å². The van der Waals surface area contributed by atoms with Crippen molar-refractivity contribution >= 4 is 5.95 Å². The molecule has 2 heterocycles. The highest BCUT2D eigenvalue weighted by atomic mass is 16.5. The molecular formula is C11H15N5O. The third kappa shape index (κ3) is 2.93. The molecule has 0 saturated heterocycles. The average Bonchev–Trinajstić information content (AvgIpc) is 2.73. The number of hydrogen-bond donors (Lipinski definition) is 1. The molecule has 0 aromatic carbocycles. The third-order valence-corrected chi connectivity index (χ3v) is 2.27. The monoisotopic (exact) mass is 233 g/mol. The maximum absolute atomic E-state index is 5.30. The molecule has 0 aliphatic carbocycles. The first-order valence-corrected chi connectivity index (χ1v) is 5.46. The van der Waals surface area contributed by atoms with Crippen molar-refractivity contribution in [2.24, 2.45) is 7.05 Å². The Bertz CT molecular complexity index is 482. The lowest BCUT2D eigenvalue weighted by Crippen LogP contribution is -2.08. The highest BCUT2D eigenvalue weighted by Crippen LogP contribution is 2.09. The molecule has 0 bridgehead atoms. The Labute approximate surface area is 99.7 Å². The first-order valence-electron chi connectivity index (χ1n) is 5.46. The molecule has 0 unspecified atom stereocenters. The van der Waals surface area contributed by atoms with Crippen LogP contribution in [0.25, 0.3) is 0 Å². The van der Waals surface area contributed by atoms with Crippen LogP contribution in [0.5, 0.6) is 5.88 Å². The van der Waals surface area contributed by atoms with Crippen LogP contribution in [0.4, 0.5) is 5.95 Å². The maximum atomic E-state index is 5.30. The number of nitrogens with zero attached hydrogens (tertiary/aromatic N) is 4. The van der Waals surface area contributed by atoms with E-state index in [-0.39, 0.29) is 0 Å². The van der Waals surface area contributed by atoms with Crippen molar-refractivity contribution in [1.29, 1.82) is 0 Å². The highest BCUT2D eigenvalue weighted by molar-refractivity contribution is 5.28. The van der Waals surface area contributed by atoms with Gasteiger partial charge < -0.3 is 10.1 Å². The molecular weight excluding hydrogens is 218 g/mol. The number of aryl methyl sites for hydroxylation is 1. The van der Waals surface area contributed by atoms with Crippen molar-refractivity contribution in [3.05, 3.63) is 30.2 Å². The van der Waals surface area contributed by atoms with Gasteiger partial charge in [0.1, 0.15) is 0 Å². The first kappa shape index (κ1) is 11.4.